The number of carboxylic acids is 1. The summed E-state index contributed by atoms with van der Waals surface area (Å²) in [5.74, 6) is -0.182. The molecule has 0 unspecified atom stereocenters. The molecule has 110 valence electrons. The lowest BCUT2D eigenvalue weighted by Crippen LogP contribution is -2.02. The van der Waals surface area contributed by atoms with Gasteiger partial charge in [-0.15, -0.1) is 0 Å². The zero-order valence-corrected chi connectivity index (χ0v) is 12.3. The largest absolute Gasteiger partial charge is 0.481 e. The van der Waals surface area contributed by atoms with E-state index in [1.54, 1.807) is 0 Å². The van der Waals surface area contributed by atoms with Crippen molar-refractivity contribution in [3.63, 3.8) is 0 Å². The van der Waals surface area contributed by atoms with Crippen LogP contribution in [0.1, 0.15) is 17.7 Å². The highest BCUT2D eigenvalue weighted by Gasteiger charge is 2.10. The maximum Gasteiger partial charge on any atom is 0.303 e. The molecule has 4 nitrogen and oxygen atoms in total. The Kier molecular flexibility index (Phi) is 3.83. The Morgan fingerprint density at radius 2 is 1.77 bits per heavy atom. The first-order valence-corrected chi connectivity index (χ1v) is 7.18. The number of aromatic nitrogens is 2. The van der Waals surface area contributed by atoms with Gasteiger partial charge < -0.3 is 5.11 Å². The van der Waals surface area contributed by atoms with Crippen molar-refractivity contribution in [2.45, 2.75) is 19.8 Å². The molecule has 0 atom stereocenters. The predicted octanol–water partition coefficient (Wildman–Crippen LogP) is 3.62. The standard InChI is InChI=1S/C18H16N2O2/c1-12-6-8-13(9-7-12)18-19-15-5-3-2-4-14(15)16(20-18)10-11-17(21)22/h2-9H,10-11H2,1H3,(H,21,22). The van der Waals surface area contributed by atoms with Gasteiger partial charge in [0.05, 0.1) is 17.6 Å². The highest BCUT2D eigenvalue weighted by molar-refractivity contribution is 5.83. The molecule has 0 amide bonds. The van der Waals surface area contributed by atoms with E-state index in [4.69, 9.17) is 5.11 Å². The minimum Gasteiger partial charge on any atom is -0.481 e. The van der Waals surface area contributed by atoms with Crippen molar-refractivity contribution in [1.82, 2.24) is 9.97 Å². The molecule has 0 aliphatic carbocycles. The number of fused-ring (bicyclic) bond motifs is 1. The van der Waals surface area contributed by atoms with Gasteiger partial charge in [-0.3, -0.25) is 4.79 Å². The van der Waals surface area contributed by atoms with Gasteiger partial charge in [0.25, 0.3) is 0 Å². The van der Waals surface area contributed by atoms with Gasteiger partial charge >= 0.3 is 5.97 Å². The molecule has 0 saturated carbocycles. The number of aryl methyl sites for hydroxylation is 2. The summed E-state index contributed by atoms with van der Waals surface area (Å²) >= 11 is 0. The molecular weight excluding hydrogens is 276 g/mol. The fraction of sp³-hybridized carbons (Fsp3) is 0.167. The predicted molar refractivity (Wildman–Crippen MR) is 85.7 cm³/mol. The second-order valence-electron chi connectivity index (χ2n) is 5.27. The molecule has 0 saturated heterocycles. The van der Waals surface area contributed by atoms with Gasteiger partial charge in [-0.25, -0.2) is 9.97 Å². The van der Waals surface area contributed by atoms with Crippen molar-refractivity contribution in [2.75, 3.05) is 0 Å². The monoisotopic (exact) mass is 292 g/mol. The molecule has 0 bridgehead atoms. The van der Waals surface area contributed by atoms with Crippen molar-refractivity contribution in [1.29, 1.82) is 0 Å². The summed E-state index contributed by atoms with van der Waals surface area (Å²) in [5, 5.41) is 9.84. The number of hydrogen-bond acceptors (Lipinski definition) is 3. The average Bonchev–Trinajstić information content (AvgIpc) is 2.53. The SMILES string of the molecule is Cc1ccc(-c2nc(CCC(=O)O)c3ccccc3n2)cc1. The summed E-state index contributed by atoms with van der Waals surface area (Å²) in [6.45, 7) is 2.03. The van der Waals surface area contributed by atoms with Crippen LogP contribution < -0.4 is 0 Å². The number of carboxylic acid groups (broad SMARTS) is 1. The molecule has 4 heteroatoms. The van der Waals surface area contributed by atoms with Gasteiger partial charge in [-0.2, -0.15) is 0 Å². The second kappa shape index (κ2) is 5.93. The van der Waals surface area contributed by atoms with Crippen molar-refractivity contribution in [2.24, 2.45) is 0 Å². The number of rotatable bonds is 4. The summed E-state index contributed by atoms with van der Waals surface area (Å²) in [6, 6.07) is 15.7. The first-order valence-electron chi connectivity index (χ1n) is 7.18. The summed E-state index contributed by atoms with van der Waals surface area (Å²) in [4.78, 5) is 20.1. The Hall–Kier alpha value is -2.75. The average molecular weight is 292 g/mol. The van der Waals surface area contributed by atoms with Crippen LogP contribution in [0, 0.1) is 6.92 Å². The number of para-hydroxylation sites is 1. The first kappa shape index (κ1) is 14.2. The fourth-order valence-electron chi connectivity index (χ4n) is 2.39. The molecule has 22 heavy (non-hydrogen) atoms. The number of aliphatic carboxylic acids is 1. The number of hydrogen-bond donors (Lipinski definition) is 1. The molecule has 0 fully saturated rings. The van der Waals surface area contributed by atoms with Crippen LogP contribution in [-0.2, 0) is 11.2 Å². The van der Waals surface area contributed by atoms with E-state index in [-0.39, 0.29) is 6.42 Å². The van der Waals surface area contributed by atoms with Gasteiger partial charge in [0.15, 0.2) is 5.82 Å². The van der Waals surface area contributed by atoms with Crippen LogP contribution in [0.25, 0.3) is 22.3 Å². The molecule has 0 aliphatic heterocycles. The van der Waals surface area contributed by atoms with Crippen LogP contribution in [0.5, 0.6) is 0 Å². The Bertz CT molecular complexity index is 826. The van der Waals surface area contributed by atoms with Crippen LogP contribution in [0.3, 0.4) is 0 Å². The minimum atomic E-state index is -0.820. The van der Waals surface area contributed by atoms with E-state index in [0.717, 1.165) is 22.2 Å². The molecule has 2 aromatic carbocycles. The van der Waals surface area contributed by atoms with E-state index in [1.807, 2.05) is 55.5 Å². The Labute approximate surface area is 128 Å². The summed E-state index contributed by atoms with van der Waals surface area (Å²) in [7, 11) is 0. The van der Waals surface area contributed by atoms with E-state index < -0.39 is 5.97 Å². The smallest absolute Gasteiger partial charge is 0.303 e. The second-order valence-corrected chi connectivity index (χ2v) is 5.27. The van der Waals surface area contributed by atoms with Crippen LogP contribution >= 0.6 is 0 Å². The topological polar surface area (TPSA) is 63.1 Å². The van der Waals surface area contributed by atoms with Crippen molar-refractivity contribution in [3.8, 4) is 11.4 Å². The molecule has 1 N–H and O–H groups in total. The number of benzene rings is 2. The van der Waals surface area contributed by atoms with Crippen LogP contribution in [0.4, 0.5) is 0 Å². The van der Waals surface area contributed by atoms with Gasteiger partial charge in [0, 0.05) is 17.4 Å². The molecule has 1 heterocycles. The number of nitrogens with zero attached hydrogens (tertiary/aromatic N) is 2. The lowest BCUT2D eigenvalue weighted by Gasteiger charge is -2.08. The molecule has 0 spiro atoms. The van der Waals surface area contributed by atoms with Crippen molar-refractivity contribution < 1.29 is 9.90 Å². The third-order valence-corrected chi connectivity index (χ3v) is 3.57. The molecule has 3 rings (SSSR count). The number of carbonyl (C=O) groups is 1. The minimum absolute atomic E-state index is 0.0638. The Balaban J connectivity index is 2.11. The summed E-state index contributed by atoms with van der Waals surface area (Å²) in [5.41, 5.74) is 3.74. The summed E-state index contributed by atoms with van der Waals surface area (Å²) < 4.78 is 0. The van der Waals surface area contributed by atoms with Crippen molar-refractivity contribution >= 4 is 16.9 Å². The van der Waals surface area contributed by atoms with Gasteiger partial charge in [0.2, 0.25) is 0 Å². The summed E-state index contributed by atoms with van der Waals surface area (Å²) in [6.07, 6.45) is 0.464. The first-order chi connectivity index (χ1) is 10.6. The van der Waals surface area contributed by atoms with Crippen LogP contribution in [0.15, 0.2) is 48.5 Å². The van der Waals surface area contributed by atoms with E-state index in [2.05, 4.69) is 9.97 Å². The highest BCUT2D eigenvalue weighted by Crippen LogP contribution is 2.22. The normalized spacial score (nSPS) is 10.8. The van der Waals surface area contributed by atoms with E-state index in [1.165, 1.54) is 5.56 Å². The van der Waals surface area contributed by atoms with Crippen LogP contribution in [0.2, 0.25) is 0 Å². The van der Waals surface area contributed by atoms with Crippen LogP contribution in [-0.4, -0.2) is 21.0 Å². The van der Waals surface area contributed by atoms with Crippen molar-refractivity contribution in [3.05, 3.63) is 59.8 Å². The van der Waals surface area contributed by atoms with E-state index >= 15 is 0 Å². The quantitative estimate of drug-likeness (QED) is 0.797. The maximum absolute atomic E-state index is 10.9. The van der Waals surface area contributed by atoms with Gasteiger partial charge in [0.1, 0.15) is 0 Å². The maximum atomic E-state index is 10.9. The molecule has 3 aromatic rings. The molecule has 0 radical (unpaired) electrons. The third kappa shape index (κ3) is 2.96. The molecular formula is C18H16N2O2. The van der Waals surface area contributed by atoms with E-state index in [9.17, 15) is 4.79 Å². The van der Waals surface area contributed by atoms with Gasteiger partial charge in [-0.05, 0) is 13.0 Å². The Morgan fingerprint density at radius 3 is 2.50 bits per heavy atom. The lowest BCUT2D eigenvalue weighted by molar-refractivity contribution is -0.136. The highest BCUT2D eigenvalue weighted by atomic mass is 16.4. The zero-order valence-electron chi connectivity index (χ0n) is 12.3. The Morgan fingerprint density at radius 1 is 1.05 bits per heavy atom. The molecule has 1 aromatic heterocycles. The fourth-order valence-corrected chi connectivity index (χ4v) is 2.39. The lowest BCUT2D eigenvalue weighted by atomic mass is 10.1. The van der Waals surface area contributed by atoms with Gasteiger partial charge in [-0.1, -0.05) is 48.0 Å². The zero-order chi connectivity index (χ0) is 15.5. The molecule has 0 aliphatic rings. The third-order valence-electron chi connectivity index (χ3n) is 3.57. The van der Waals surface area contributed by atoms with E-state index in [0.29, 0.717) is 12.2 Å².